The zero-order chi connectivity index (χ0) is 18.3. The van der Waals surface area contributed by atoms with Gasteiger partial charge in [0.1, 0.15) is 0 Å². The summed E-state index contributed by atoms with van der Waals surface area (Å²) in [4.78, 5) is 19.7. The molecule has 0 aromatic heterocycles. The molecular formula is C21H31N3O2. The number of β-amino-alcohol motifs (C(OH)–C–C–N with tert-alkyl or cyclic N) is 1. The SMILES string of the molecule is CC(C)C(=O)N1C[C@H]2C[C@@H](O)CN2C2(CN(CCc3ccccc3)C2)C1. The second-order valence-corrected chi connectivity index (χ2v) is 8.74. The highest BCUT2D eigenvalue weighted by atomic mass is 16.3. The van der Waals surface area contributed by atoms with Gasteiger partial charge in [0, 0.05) is 51.2 Å². The molecule has 0 aliphatic carbocycles. The van der Waals surface area contributed by atoms with E-state index >= 15 is 0 Å². The molecule has 3 saturated heterocycles. The third kappa shape index (κ3) is 3.28. The van der Waals surface area contributed by atoms with E-state index in [1.807, 2.05) is 13.8 Å². The number of piperazine rings is 1. The van der Waals surface area contributed by atoms with Crippen LogP contribution in [0.1, 0.15) is 25.8 Å². The van der Waals surface area contributed by atoms with Crippen LogP contribution in [0.2, 0.25) is 0 Å². The molecule has 5 nitrogen and oxygen atoms in total. The summed E-state index contributed by atoms with van der Waals surface area (Å²) < 4.78 is 0. The highest BCUT2D eigenvalue weighted by molar-refractivity contribution is 5.78. The molecule has 4 rings (SSSR count). The van der Waals surface area contributed by atoms with Crippen molar-refractivity contribution < 1.29 is 9.90 Å². The van der Waals surface area contributed by atoms with E-state index in [-0.39, 0.29) is 23.5 Å². The molecule has 0 saturated carbocycles. The molecule has 0 bridgehead atoms. The summed E-state index contributed by atoms with van der Waals surface area (Å²) in [7, 11) is 0. The summed E-state index contributed by atoms with van der Waals surface area (Å²) in [6.45, 7) is 9.40. The Morgan fingerprint density at radius 1 is 1.19 bits per heavy atom. The smallest absolute Gasteiger partial charge is 0.225 e. The van der Waals surface area contributed by atoms with Gasteiger partial charge in [0.2, 0.25) is 5.91 Å². The molecule has 1 aromatic carbocycles. The van der Waals surface area contributed by atoms with Gasteiger partial charge in [-0.05, 0) is 18.4 Å². The molecule has 3 aliphatic rings. The molecule has 26 heavy (non-hydrogen) atoms. The number of rotatable bonds is 4. The molecule has 0 radical (unpaired) electrons. The minimum Gasteiger partial charge on any atom is -0.392 e. The average molecular weight is 357 g/mol. The number of carbonyl (C=O) groups excluding carboxylic acids is 1. The Labute approximate surface area is 156 Å². The molecule has 1 aromatic rings. The number of aliphatic hydroxyl groups is 1. The van der Waals surface area contributed by atoms with Crippen LogP contribution in [0.25, 0.3) is 0 Å². The van der Waals surface area contributed by atoms with Gasteiger partial charge in [0.25, 0.3) is 0 Å². The summed E-state index contributed by atoms with van der Waals surface area (Å²) in [5.74, 6) is 0.298. The third-order valence-electron chi connectivity index (χ3n) is 6.32. The maximum absolute atomic E-state index is 12.6. The third-order valence-corrected chi connectivity index (χ3v) is 6.32. The topological polar surface area (TPSA) is 47.0 Å². The van der Waals surface area contributed by atoms with Crippen LogP contribution in [0, 0.1) is 5.92 Å². The second kappa shape index (κ2) is 6.95. The number of benzene rings is 1. The normalized spacial score (nSPS) is 28.4. The standard InChI is InChI=1S/C21H31N3O2/c1-16(2)20(26)23-11-18-10-19(25)12-24(18)21(15-23)13-22(14-21)9-8-17-6-4-3-5-7-17/h3-7,16,18-19,25H,8-15H2,1-2H3/t18-,19-/m1/s1. The van der Waals surface area contributed by atoms with Gasteiger partial charge in [0.05, 0.1) is 11.6 Å². The fourth-order valence-corrected chi connectivity index (χ4v) is 5.10. The van der Waals surface area contributed by atoms with Crippen molar-refractivity contribution in [2.75, 3.05) is 39.3 Å². The zero-order valence-corrected chi connectivity index (χ0v) is 16.0. The molecule has 0 unspecified atom stereocenters. The molecular weight excluding hydrogens is 326 g/mol. The Morgan fingerprint density at radius 3 is 2.62 bits per heavy atom. The molecule has 3 fully saturated rings. The zero-order valence-electron chi connectivity index (χ0n) is 16.0. The van der Waals surface area contributed by atoms with Crippen molar-refractivity contribution in [3.8, 4) is 0 Å². The maximum atomic E-state index is 12.6. The molecule has 3 heterocycles. The van der Waals surface area contributed by atoms with E-state index in [4.69, 9.17) is 0 Å². The monoisotopic (exact) mass is 357 g/mol. The predicted octanol–water partition coefficient (Wildman–Crippen LogP) is 1.22. The maximum Gasteiger partial charge on any atom is 0.225 e. The fourth-order valence-electron chi connectivity index (χ4n) is 5.10. The lowest BCUT2D eigenvalue weighted by Gasteiger charge is -2.61. The van der Waals surface area contributed by atoms with E-state index < -0.39 is 0 Å². The average Bonchev–Trinajstić information content (AvgIpc) is 2.98. The first-order valence-electron chi connectivity index (χ1n) is 9.97. The quantitative estimate of drug-likeness (QED) is 0.880. The number of hydrogen-bond acceptors (Lipinski definition) is 4. The lowest BCUT2D eigenvalue weighted by Crippen LogP contribution is -2.78. The molecule has 1 spiro atoms. The minimum absolute atomic E-state index is 0.0409. The van der Waals surface area contributed by atoms with E-state index in [1.54, 1.807) is 0 Å². The molecule has 1 amide bonds. The van der Waals surface area contributed by atoms with Crippen molar-refractivity contribution in [3.63, 3.8) is 0 Å². The Kier molecular flexibility index (Phi) is 4.80. The van der Waals surface area contributed by atoms with Crippen molar-refractivity contribution in [1.82, 2.24) is 14.7 Å². The molecule has 2 atom stereocenters. The summed E-state index contributed by atoms with van der Waals surface area (Å²) in [5, 5.41) is 10.2. The van der Waals surface area contributed by atoms with Gasteiger partial charge >= 0.3 is 0 Å². The lowest BCUT2D eigenvalue weighted by atomic mass is 9.83. The number of amides is 1. The lowest BCUT2D eigenvalue weighted by molar-refractivity contribution is -0.152. The van der Waals surface area contributed by atoms with E-state index in [0.29, 0.717) is 6.04 Å². The van der Waals surface area contributed by atoms with E-state index in [1.165, 1.54) is 5.56 Å². The minimum atomic E-state index is -0.246. The van der Waals surface area contributed by atoms with Gasteiger partial charge in [-0.1, -0.05) is 44.2 Å². The van der Waals surface area contributed by atoms with Crippen molar-refractivity contribution in [2.24, 2.45) is 5.92 Å². The number of likely N-dealkylation sites (tertiary alicyclic amines) is 1. The van der Waals surface area contributed by atoms with Gasteiger partial charge in [0.15, 0.2) is 0 Å². The molecule has 142 valence electrons. The number of nitrogens with zero attached hydrogens (tertiary/aromatic N) is 3. The summed E-state index contributed by atoms with van der Waals surface area (Å²) in [6, 6.07) is 10.9. The first-order valence-corrected chi connectivity index (χ1v) is 9.97. The summed E-state index contributed by atoms with van der Waals surface area (Å²) >= 11 is 0. The van der Waals surface area contributed by atoms with Gasteiger partial charge in [-0.3, -0.25) is 14.6 Å². The van der Waals surface area contributed by atoms with Crippen LogP contribution in [0.15, 0.2) is 30.3 Å². The number of carbonyl (C=O) groups is 1. The second-order valence-electron chi connectivity index (χ2n) is 8.74. The van der Waals surface area contributed by atoms with Crippen LogP contribution in [-0.2, 0) is 11.2 Å². The first-order chi connectivity index (χ1) is 12.5. The van der Waals surface area contributed by atoms with Gasteiger partial charge in [-0.2, -0.15) is 0 Å². The van der Waals surface area contributed by atoms with Crippen LogP contribution in [0.3, 0.4) is 0 Å². The number of aliphatic hydroxyl groups excluding tert-OH is 1. The van der Waals surface area contributed by atoms with Crippen molar-refractivity contribution in [2.45, 2.75) is 44.4 Å². The highest BCUT2D eigenvalue weighted by Gasteiger charge is 2.56. The first kappa shape index (κ1) is 18.0. The van der Waals surface area contributed by atoms with Crippen LogP contribution in [0.5, 0.6) is 0 Å². The highest BCUT2D eigenvalue weighted by Crippen LogP contribution is 2.39. The van der Waals surface area contributed by atoms with E-state index in [9.17, 15) is 9.90 Å². The van der Waals surface area contributed by atoms with E-state index in [2.05, 4.69) is 45.0 Å². The van der Waals surface area contributed by atoms with Crippen molar-refractivity contribution >= 4 is 5.91 Å². The Bertz CT molecular complexity index is 642. The van der Waals surface area contributed by atoms with Gasteiger partial charge in [-0.25, -0.2) is 0 Å². The molecule has 5 heteroatoms. The van der Waals surface area contributed by atoms with Crippen LogP contribution in [-0.4, -0.2) is 82.7 Å². The largest absolute Gasteiger partial charge is 0.392 e. The van der Waals surface area contributed by atoms with Gasteiger partial charge in [-0.15, -0.1) is 0 Å². The van der Waals surface area contributed by atoms with Crippen molar-refractivity contribution in [3.05, 3.63) is 35.9 Å². The number of hydrogen-bond donors (Lipinski definition) is 1. The summed E-state index contributed by atoms with van der Waals surface area (Å²) in [6.07, 6.45) is 1.62. The van der Waals surface area contributed by atoms with Gasteiger partial charge < -0.3 is 10.0 Å². The fraction of sp³-hybridized carbons (Fsp3) is 0.667. The Morgan fingerprint density at radius 2 is 1.92 bits per heavy atom. The predicted molar refractivity (Wildman–Crippen MR) is 102 cm³/mol. The Balaban J connectivity index is 1.41. The van der Waals surface area contributed by atoms with E-state index in [0.717, 1.165) is 52.1 Å². The summed E-state index contributed by atoms with van der Waals surface area (Å²) in [5.41, 5.74) is 1.42. The molecule has 3 aliphatic heterocycles. The van der Waals surface area contributed by atoms with Crippen LogP contribution < -0.4 is 0 Å². The van der Waals surface area contributed by atoms with Crippen molar-refractivity contribution in [1.29, 1.82) is 0 Å². The van der Waals surface area contributed by atoms with Crippen LogP contribution in [0.4, 0.5) is 0 Å². The van der Waals surface area contributed by atoms with Crippen LogP contribution >= 0.6 is 0 Å². The Hall–Kier alpha value is -1.43. The number of fused-ring (bicyclic) bond motifs is 2. The molecule has 1 N–H and O–H groups in total.